The van der Waals surface area contributed by atoms with Crippen molar-refractivity contribution in [2.45, 2.75) is 4.21 Å². The number of ether oxygens (including phenoxy) is 1. The maximum Gasteiger partial charge on any atom is 0.252 e. The molecule has 0 atom stereocenters. The Morgan fingerprint density at radius 3 is 2.65 bits per heavy atom. The molecule has 160 valence electrons. The number of hydrogen-bond donors (Lipinski definition) is 0. The van der Waals surface area contributed by atoms with Gasteiger partial charge < -0.3 is 9.64 Å². The molecule has 1 saturated heterocycles. The Morgan fingerprint density at radius 2 is 1.90 bits per heavy atom. The van der Waals surface area contributed by atoms with Crippen LogP contribution in [0.5, 0.6) is 5.75 Å². The predicted octanol–water partition coefficient (Wildman–Crippen LogP) is 1.79. The fraction of sp³-hybridized carbons (Fsp3) is 0.263. The van der Waals surface area contributed by atoms with Crippen LogP contribution >= 0.6 is 11.3 Å². The van der Waals surface area contributed by atoms with Crippen LogP contribution in [0.3, 0.4) is 0 Å². The molecule has 0 bridgehead atoms. The molecule has 0 N–H and O–H groups in total. The van der Waals surface area contributed by atoms with Crippen molar-refractivity contribution in [3.05, 3.63) is 48.1 Å². The van der Waals surface area contributed by atoms with Crippen LogP contribution in [0, 0.1) is 0 Å². The zero-order valence-corrected chi connectivity index (χ0v) is 18.3. The van der Waals surface area contributed by atoms with E-state index in [1.807, 2.05) is 29.2 Å². The highest BCUT2D eigenvalue weighted by atomic mass is 32.2. The van der Waals surface area contributed by atoms with Crippen LogP contribution in [0.15, 0.2) is 52.3 Å². The van der Waals surface area contributed by atoms with Crippen LogP contribution in [0.4, 0.5) is 5.82 Å². The molecule has 0 radical (unpaired) electrons. The van der Waals surface area contributed by atoms with Gasteiger partial charge >= 0.3 is 0 Å². The lowest BCUT2D eigenvalue weighted by Gasteiger charge is -2.34. The van der Waals surface area contributed by atoms with Gasteiger partial charge in [-0.3, -0.25) is 0 Å². The first kappa shape index (κ1) is 19.8. The van der Waals surface area contributed by atoms with Crippen molar-refractivity contribution in [1.82, 2.24) is 29.3 Å². The first-order chi connectivity index (χ1) is 15.1. The van der Waals surface area contributed by atoms with Crippen LogP contribution in [0.1, 0.15) is 0 Å². The van der Waals surface area contributed by atoms with Crippen molar-refractivity contribution in [2.75, 3.05) is 38.2 Å². The van der Waals surface area contributed by atoms with E-state index in [2.05, 4.69) is 20.3 Å². The highest BCUT2D eigenvalue weighted by Gasteiger charge is 2.30. The first-order valence-electron chi connectivity index (χ1n) is 9.57. The summed E-state index contributed by atoms with van der Waals surface area (Å²) >= 11 is 1.23. The minimum atomic E-state index is -3.46. The maximum atomic E-state index is 12.8. The molecule has 3 aromatic heterocycles. The summed E-state index contributed by atoms with van der Waals surface area (Å²) in [6.45, 7) is 1.75. The zero-order valence-electron chi connectivity index (χ0n) is 16.6. The average Bonchev–Trinajstić information content (AvgIpc) is 3.50. The van der Waals surface area contributed by atoms with E-state index in [9.17, 15) is 8.42 Å². The van der Waals surface area contributed by atoms with Crippen LogP contribution < -0.4 is 9.64 Å². The standard InChI is InChI=1S/C19H19N7O3S2/c1-29-15-5-2-4-14(12-15)26-19-17(22-23-26)18(20-13-21-19)24-7-9-25(10-8-24)31(27,28)16-6-3-11-30-16/h2-6,11-13H,7-10H2,1H3. The largest absolute Gasteiger partial charge is 0.497 e. The number of aromatic nitrogens is 5. The highest BCUT2D eigenvalue weighted by molar-refractivity contribution is 7.91. The summed E-state index contributed by atoms with van der Waals surface area (Å²) in [5, 5.41) is 10.3. The summed E-state index contributed by atoms with van der Waals surface area (Å²) in [5.74, 6) is 1.35. The van der Waals surface area contributed by atoms with E-state index in [-0.39, 0.29) is 0 Å². The van der Waals surface area contributed by atoms with Crippen molar-refractivity contribution in [3.63, 3.8) is 0 Å². The van der Waals surface area contributed by atoms with Crippen LogP contribution in [0.2, 0.25) is 0 Å². The summed E-state index contributed by atoms with van der Waals surface area (Å²) in [6, 6.07) is 10.9. The Bertz CT molecular complexity index is 1310. The van der Waals surface area contributed by atoms with E-state index in [1.54, 1.807) is 29.3 Å². The Kier molecular flexibility index (Phi) is 5.04. The van der Waals surface area contributed by atoms with Crippen molar-refractivity contribution >= 4 is 38.3 Å². The van der Waals surface area contributed by atoms with Gasteiger partial charge in [-0.05, 0) is 23.6 Å². The Morgan fingerprint density at radius 1 is 1.06 bits per heavy atom. The number of anilines is 1. The van der Waals surface area contributed by atoms with E-state index in [0.717, 1.165) is 5.69 Å². The van der Waals surface area contributed by atoms with E-state index < -0.39 is 10.0 Å². The molecule has 0 spiro atoms. The Hall–Kier alpha value is -3.09. The van der Waals surface area contributed by atoms with E-state index in [1.165, 1.54) is 22.0 Å². The minimum absolute atomic E-state index is 0.367. The van der Waals surface area contributed by atoms with Gasteiger partial charge in [-0.25, -0.2) is 18.4 Å². The molecule has 0 amide bonds. The number of methoxy groups -OCH3 is 1. The third-order valence-electron chi connectivity index (χ3n) is 5.14. The van der Waals surface area contributed by atoms with Gasteiger partial charge in [-0.15, -0.1) is 16.4 Å². The lowest BCUT2D eigenvalue weighted by atomic mass is 10.3. The molecular weight excluding hydrogens is 438 g/mol. The van der Waals surface area contributed by atoms with Crippen molar-refractivity contribution in [3.8, 4) is 11.4 Å². The Labute approximate surface area is 182 Å². The molecule has 4 aromatic rings. The second-order valence-corrected chi connectivity index (χ2v) is 10.0. The van der Waals surface area contributed by atoms with Gasteiger partial charge in [-0.2, -0.15) is 8.99 Å². The molecule has 1 aliphatic rings. The topological polar surface area (TPSA) is 106 Å². The number of hydrogen-bond acceptors (Lipinski definition) is 9. The summed E-state index contributed by atoms with van der Waals surface area (Å²) < 4.78 is 34.4. The first-order valence-corrected chi connectivity index (χ1v) is 11.9. The number of rotatable bonds is 5. The summed E-state index contributed by atoms with van der Waals surface area (Å²) in [6.07, 6.45) is 1.48. The van der Waals surface area contributed by atoms with Crippen molar-refractivity contribution < 1.29 is 13.2 Å². The number of thiophene rings is 1. The molecule has 0 unspecified atom stereocenters. The van der Waals surface area contributed by atoms with E-state index in [0.29, 0.717) is 53.1 Å². The number of piperazine rings is 1. The fourth-order valence-corrected chi connectivity index (χ4v) is 6.13. The zero-order chi connectivity index (χ0) is 21.4. The molecule has 1 aromatic carbocycles. The minimum Gasteiger partial charge on any atom is -0.497 e. The molecular formula is C19H19N7O3S2. The summed E-state index contributed by atoms with van der Waals surface area (Å²) in [7, 11) is -1.85. The molecule has 1 fully saturated rings. The van der Waals surface area contributed by atoms with Crippen LogP contribution in [-0.2, 0) is 10.0 Å². The van der Waals surface area contributed by atoms with Gasteiger partial charge in [-0.1, -0.05) is 17.3 Å². The molecule has 1 aliphatic heterocycles. The van der Waals surface area contributed by atoms with Gasteiger partial charge in [0.05, 0.1) is 12.8 Å². The quantitative estimate of drug-likeness (QED) is 0.447. The highest BCUT2D eigenvalue weighted by Crippen LogP contribution is 2.27. The van der Waals surface area contributed by atoms with Gasteiger partial charge in [0.15, 0.2) is 17.0 Å². The average molecular weight is 458 g/mol. The third kappa shape index (κ3) is 3.52. The van der Waals surface area contributed by atoms with Crippen LogP contribution in [-0.4, -0.2) is 71.0 Å². The number of benzene rings is 1. The molecule has 0 saturated carbocycles. The summed E-state index contributed by atoms with van der Waals surface area (Å²) in [5.41, 5.74) is 1.92. The SMILES string of the molecule is COc1cccc(-n2nnc3c(N4CCN(S(=O)(=O)c5cccs5)CC4)ncnc32)c1. The second kappa shape index (κ2) is 7.87. The van der Waals surface area contributed by atoms with Gasteiger partial charge in [0.2, 0.25) is 0 Å². The number of fused-ring (bicyclic) bond motifs is 1. The monoisotopic (exact) mass is 457 g/mol. The lowest BCUT2D eigenvalue weighted by Crippen LogP contribution is -2.48. The molecule has 10 nitrogen and oxygen atoms in total. The van der Waals surface area contributed by atoms with Gasteiger partial charge in [0, 0.05) is 32.2 Å². The van der Waals surface area contributed by atoms with Crippen molar-refractivity contribution in [1.29, 1.82) is 0 Å². The van der Waals surface area contributed by atoms with Crippen molar-refractivity contribution in [2.24, 2.45) is 0 Å². The Balaban J connectivity index is 1.41. The molecule has 31 heavy (non-hydrogen) atoms. The molecule has 5 rings (SSSR count). The smallest absolute Gasteiger partial charge is 0.252 e. The molecule has 12 heteroatoms. The molecule has 4 heterocycles. The summed E-state index contributed by atoms with van der Waals surface area (Å²) in [4.78, 5) is 10.8. The van der Waals surface area contributed by atoms with Gasteiger partial charge in [0.25, 0.3) is 10.0 Å². The van der Waals surface area contributed by atoms with Gasteiger partial charge in [0.1, 0.15) is 16.3 Å². The molecule has 0 aliphatic carbocycles. The lowest BCUT2D eigenvalue weighted by molar-refractivity contribution is 0.385. The number of nitrogens with zero attached hydrogens (tertiary/aromatic N) is 7. The van der Waals surface area contributed by atoms with E-state index in [4.69, 9.17) is 4.74 Å². The number of sulfonamides is 1. The van der Waals surface area contributed by atoms with E-state index >= 15 is 0 Å². The third-order valence-corrected chi connectivity index (χ3v) is 8.42. The normalized spacial score (nSPS) is 15.5. The fourth-order valence-electron chi connectivity index (χ4n) is 3.56. The maximum absolute atomic E-state index is 12.8. The second-order valence-electron chi connectivity index (χ2n) is 6.90. The predicted molar refractivity (Wildman–Crippen MR) is 116 cm³/mol. The van der Waals surface area contributed by atoms with Crippen LogP contribution in [0.25, 0.3) is 16.9 Å².